The lowest BCUT2D eigenvalue weighted by atomic mass is 9.88. The zero-order valence-corrected chi connectivity index (χ0v) is 17.6. The van der Waals surface area contributed by atoms with Gasteiger partial charge in [0.2, 0.25) is 5.91 Å². The molecule has 0 bridgehead atoms. The fraction of sp³-hybridized carbons (Fsp3) is 0.381. The van der Waals surface area contributed by atoms with E-state index in [2.05, 4.69) is 10.3 Å². The van der Waals surface area contributed by atoms with Gasteiger partial charge in [0.05, 0.1) is 21.6 Å². The molecule has 3 heterocycles. The number of aryl methyl sites for hydroxylation is 2. The van der Waals surface area contributed by atoms with Gasteiger partial charge in [-0.1, -0.05) is 0 Å². The van der Waals surface area contributed by atoms with Gasteiger partial charge in [-0.05, 0) is 32.0 Å². The summed E-state index contributed by atoms with van der Waals surface area (Å²) < 4.78 is 17.0. The van der Waals surface area contributed by atoms with Crippen LogP contribution in [-0.4, -0.2) is 35.6 Å². The zero-order valence-electron chi connectivity index (χ0n) is 16.8. The van der Waals surface area contributed by atoms with E-state index in [-0.39, 0.29) is 0 Å². The second-order valence-corrected chi connectivity index (χ2v) is 8.29. The molecule has 0 aliphatic carbocycles. The van der Waals surface area contributed by atoms with Crippen LogP contribution >= 0.6 is 11.3 Å². The summed E-state index contributed by atoms with van der Waals surface area (Å²) in [6.45, 7) is 4.78. The normalized spacial score (nSPS) is 15.8. The van der Waals surface area contributed by atoms with Crippen LogP contribution in [0.3, 0.4) is 0 Å². The van der Waals surface area contributed by atoms with Gasteiger partial charge in [-0.25, -0.2) is 4.98 Å². The summed E-state index contributed by atoms with van der Waals surface area (Å²) in [6, 6.07) is 5.34. The number of amides is 2. The SMILES string of the molecule is Cc1ncsc1COc1ccc2oc(C)c(C(=O)NC3(C(N)=O)CCOCC3)c2c1. The van der Waals surface area contributed by atoms with Gasteiger partial charge in [0.15, 0.2) is 0 Å². The number of fused-ring (bicyclic) bond motifs is 1. The highest BCUT2D eigenvalue weighted by atomic mass is 32.1. The number of carbonyl (C=O) groups is 2. The van der Waals surface area contributed by atoms with Gasteiger partial charge >= 0.3 is 0 Å². The van der Waals surface area contributed by atoms with E-state index >= 15 is 0 Å². The van der Waals surface area contributed by atoms with E-state index in [4.69, 9.17) is 19.6 Å². The minimum absolute atomic E-state index is 0.339. The molecule has 158 valence electrons. The van der Waals surface area contributed by atoms with Crippen LogP contribution < -0.4 is 15.8 Å². The fourth-order valence-corrected chi connectivity index (χ4v) is 4.31. The van der Waals surface area contributed by atoms with Crippen LogP contribution in [0.15, 0.2) is 28.1 Å². The van der Waals surface area contributed by atoms with Crippen LogP contribution in [0.4, 0.5) is 0 Å². The summed E-state index contributed by atoms with van der Waals surface area (Å²) in [5, 5.41) is 3.47. The number of nitrogens with zero attached hydrogens (tertiary/aromatic N) is 1. The molecule has 8 nitrogen and oxygen atoms in total. The van der Waals surface area contributed by atoms with Crippen molar-refractivity contribution in [3.8, 4) is 5.75 Å². The van der Waals surface area contributed by atoms with E-state index in [1.165, 1.54) is 11.3 Å². The molecule has 0 radical (unpaired) electrons. The van der Waals surface area contributed by atoms with E-state index < -0.39 is 17.4 Å². The molecule has 9 heteroatoms. The van der Waals surface area contributed by atoms with Crippen LogP contribution in [0.2, 0.25) is 0 Å². The number of hydrogen-bond acceptors (Lipinski definition) is 7. The van der Waals surface area contributed by atoms with Crippen molar-refractivity contribution < 1.29 is 23.5 Å². The molecule has 30 heavy (non-hydrogen) atoms. The predicted molar refractivity (Wildman–Crippen MR) is 112 cm³/mol. The van der Waals surface area contributed by atoms with Crippen molar-refractivity contribution in [1.82, 2.24) is 10.3 Å². The summed E-state index contributed by atoms with van der Waals surface area (Å²) in [5.74, 6) is 0.112. The number of thiazole rings is 1. The molecule has 1 aromatic carbocycles. The average molecular weight is 429 g/mol. The number of hydrogen-bond donors (Lipinski definition) is 2. The Morgan fingerprint density at radius 3 is 2.73 bits per heavy atom. The smallest absolute Gasteiger partial charge is 0.256 e. The third kappa shape index (κ3) is 3.78. The third-order valence-electron chi connectivity index (χ3n) is 5.45. The lowest BCUT2D eigenvalue weighted by molar-refractivity contribution is -0.127. The van der Waals surface area contributed by atoms with Crippen molar-refractivity contribution in [2.75, 3.05) is 13.2 Å². The molecule has 4 rings (SSSR count). The summed E-state index contributed by atoms with van der Waals surface area (Å²) in [4.78, 5) is 30.5. The van der Waals surface area contributed by atoms with Gasteiger partial charge in [-0.3, -0.25) is 9.59 Å². The number of nitrogens with one attached hydrogen (secondary N) is 1. The Morgan fingerprint density at radius 2 is 2.07 bits per heavy atom. The van der Waals surface area contributed by atoms with E-state index in [9.17, 15) is 9.59 Å². The van der Waals surface area contributed by atoms with Gasteiger partial charge in [0.1, 0.15) is 29.2 Å². The standard InChI is InChI=1S/C21H23N3O5S/c1-12-17(30-11-23-12)10-28-14-3-4-16-15(9-14)18(13(2)29-16)19(25)24-21(20(22)26)5-7-27-8-6-21/h3-4,9,11H,5-8,10H2,1-2H3,(H2,22,26)(H,24,25). The van der Waals surface area contributed by atoms with Crippen LogP contribution in [0.5, 0.6) is 5.75 Å². The Morgan fingerprint density at radius 1 is 1.30 bits per heavy atom. The highest BCUT2D eigenvalue weighted by molar-refractivity contribution is 7.09. The number of rotatable bonds is 6. The van der Waals surface area contributed by atoms with Crippen LogP contribution in [0, 0.1) is 13.8 Å². The van der Waals surface area contributed by atoms with Crippen molar-refractivity contribution in [2.45, 2.75) is 38.8 Å². The fourth-order valence-electron chi connectivity index (χ4n) is 3.62. The highest BCUT2D eigenvalue weighted by Crippen LogP contribution is 2.31. The maximum Gasteiger partial charge on any atom is 0.256 e. The predicted octanol–water partition coefficient (Wildman–Crippen LogP) is 2.85. The van der Waals surface area contributed by atoms with Crippen LogP contribution in [-0.2, 0) is 16.1 Å². The molecule has 3 N–H and O–H groups in total. The number of nitrogens with two attached hydrogens (primary N) is 1. The number of aromatic nitrogens is 1. The van der Waals surface area contributed by atoms with E-state index in [0.717, 1.165) is 10.6 Å². The molecular weight excluding hydrogens is 406 g/mol. The van der Waals surface area contributed by atoms with Gasteiger partial charge < -0.3 is 24.9 Å². The zero-order chi connectivity index (χ0) is 21.3. The van der Waals surface area contributed by atoms with Gasteiger partial charge in [0, 0.05) is 31.4 Å². The molecule has 0 saturated carbocycles. The second-order valence-electron chi connectivity index (χ2n) is 7.35. The molecule has 0 atom stereocenters. The molecule has 0 spiro atoms. The third-order valence-corrected chi connectivity index (χ3v) is 6.36. The van der Waals surface area contributed by atoms with Gasteiger partial charge in [0.25, 0.3) is 5.91 Å². The van der Waals surface area contributed by atoms with Crippen molar-refractivity contribution >= 4 is 34.1 Å². The first-order valence-electron chi connectivity index (χ1n) is 9.65. The molecule has 2 amide bonds. The Labute approximate surface area is 177 Å². The highest BCUT2D eigenvalue weighted by Gasteiger charge is 2.40. The number of ether oxygens (including phenoxy) is 2. The van der Waals surface area contributed by atoms with Crippen molar-refractivity contribution in [3.05, 3.63) is 45.6 Å². The summed E-state index contributed by atoms with van der Waals surface area (Å²) in [5.41, 5.74) is 8.16. The lowest BCUT2D eigenvalue weighted by Crippen LogP contribution is -2.60. The minimum Gasteiger partial charge on any atom is -0.488 e. The second kappa shape index (κ2) is 8.08. The monoisotopic (exact) mass is 429 g/mol. The Balaban J connectivity index is 1.61. The first-order chi connectivity index (χ1) is 14.4. The number of primary amides is 1. The van der Waals surface area contributed by atoms with E-state index in [1.807, 2.05) is 6.92 Å². The molecule has 1 fully saturated rings. The summed E-state index contributed by atoms with van der Waals surface area (Å²) in [6.07, 6.45) is 0.678. The summed E-state index contributed by atoms with van der Waals surface area (Å²) >= 11 is 1.53. The first kappa shape index (κ1) is 20.4. The number of carbonyl (C=O) groups excluding carboxylic acids is 2. The lowest BCUT2D eigenvalue weighted by Gasteiger charge is -2.34. The maximum absolute atomic E-state index is 13.2. The number of benzene rings is 1. The van der Waals surface area contributed by atoms with Gasteiger partial charge in [-0.15, -0.1) is 11.3 Å². The topological polar surface area (TPSA) is 117 Å². The van der Waals surface area contributed by atoms with E-state index in [0.29, 0.717) is 60.7 Å². The van der Waals surface area contributed by atoms with Crippen LogP contribution in [0.1, 0.15) is 39.5 Å². The molecule has 1 aliphatic rings. The van der Waals surface area contributed by atoms with Crippen molar-refractivity contribution in [3.63, 3.8) is 0 Å². The Hall–Kier alpha value is -2.91. The molecular formula is C21H23N3O5S. The number of furan rings is 1. The molecule has 2 aromatic heterocycles. The Kier molecular flexibility index (Phi) is 5.48. The molecule has 0 unspecified atom stereocenters. The summed E-state index contributed by atoms with van der Waals surface area (Å²) in [7, 11) is 0. The first-order valence-corrected chi connectivity index (χ1v) is 10.5. The molecule has 1 saturated heterocycles. The van der Waals surface area contributed by atoms with E-state index in [1.54, 1.807) is 30.6 Å². The quantitative estimate of drug-likeness (QED) is 0.622. The molecule has 1 aliphatic heterocycles. The average Bonchev–Trinajstić information content (AvgIpc) is 3.28. The molecule has 3 aromatic rings. The van der Waals surface area contributed by atoms with Gasteiger partial charge in [-0.2, -0.15) is 0 Å². The van der Waals surface area contributed by atoms with Crippen molar-refractivity contribution in [2.24, 2.45) is 5.73 Å². The maximum atomic E-state index is 13.2. The minimum atomic E-state index is -1.12. The van der Waals surface area contributed by atoms with Crippen LogP contribution in [0.25, 0.3) is 11.0 Å². The largest absolute Gasteiger partial charge is 0.488 e. The Bertz CT molecular complexity index is 1100. The van der Waals surface area contributed by atoms with Crippen molar-refractivity contribution in [1.29, 1.82) is 0 Å².